The molecule has 0 saturated heterocycles. The topological polar surface area (TPSA) is 79.8 Å². The quantitative estimate of drug-likeness (QED) is 0.346. The van der Waals surface area contributed by atoms with Crippen molar-refractivity contribution < 1.29 is 4.79 Å². The molecule has 0 spiro atoms. The fourth-order valence-corrected chi connectivity index (χ4v) is 4.79. The summed E-state index contributed by atoms with van der Waals surface area (Å²) >= 11 is 12.7. The first-order chi connectivity index (χ1) is 16.5. The monoisotopic (exact) mass is 490 g/mol. The fraction of sp³-hybridized carbons (Fsp3) is 0.115. The molecule has 0 radical (unpaired) electrons. The maximum absolute atomic E-state index is 13.0. The molecule has 6 nitrogen and oxygen atoms in total. The minimum atomic E-state index is -0.331. The van der Waals surface area contributed by atoms with Crippen molar-refractivity contribution in [2.75, 3.05) is 6.54 Å². The van der Waals surface area contributed by atoms with Crippen LogP contribution in [0.4, 0.5) is 0 Å². The van der Waals surface area contributed by atoms with Crippen molar-refractivity contribution in [3.63, 3.8) is 0 Å². The van der Waals surface area contributed by atoms with E-state index < -0.39 is 0 Å². The van der Waals surface area contributed by atoms with Crippen LogP contribution in [-0.4, -0.2) is 27.0 Å². The summed E-state index contributed by atoms with van der Waals surface area (Å²) in [5.41, 5.74) is 3.78. The molecule has 3 aromatic carbocycles. The molecule has 0 bridgehead atoms. The van der Waals surface area contributed by atoms with E-state index in [0.717, 1.165) is 22.0 Å². The molecule has 1 atom stereocenters. The first kappa shape index (κ1) is 22.2. The molecule has 8 heteroatoms. The summed E-state index contributed by atoms with van der Waals surface area (Å²) < 4.78 is 1.42. The maximum Gasteiger partial charge on any atom is 0.269 e. The Balaban J connectivity index is 1.45. The summed E-state index contributed by atoms with van der Waals surface area (Å²) in [6, 6.07) is 20.6. The number of aromatic nitrogens is 3. The van der Waals surface area contributed by atoms with Gasteiger partial charge in [0.2, 0.25) is 5.91 Å². The van der Waals surface area contributed by atoms with E-state index in [4.69, 9.17) is 23.2 Å². The highest BCUT2D eigenvalue weighted by molar-refractivity contribution is 6.35. The standard InChI is InChI=1S/C26H20Cl2N4O2/c27-16-9-10-17(21(28)11-16)19(20-12-29-22-6-2-1-5-18(20)22)13-31-25(33)15-32-24-8-4-3-7-23(24)30-14-26(32)34/h1-12,14,19,29H,13,15H2,(H,31,33). The number of carbonyl (C=O) groups is 1. The zero-order valence-electron chi connectivity index (χ0n) is 18.0. The Hall–Kier alpha value is -3.61. The van der Waals surface area contributed by atoms with Gasteiger partial charge in [-0.2, -0.15) is 0 Å². The molecule has 5 rings (SSSR count). The molecule has 0 aliphatic rings. The van der Waals surface area contributed by atoms with Crippen LogP contribution in [0, 0.1) is 0 Å². The average molecular weight is 491 g/mol. The van der Waals surface area contributed by atoms with Crippen LogP contribution in [0.3, 0.4) is 0 Å². The maximum atomic E-state index is 13.0. The number of hydrogen-bond acceptors (Lipinski definition) is 3. The van der Waals surface area contributed by atoms with E-state index in [1.54, 1.807) is 24.3 Å². The van der Waals surface area contributed by atoms with Crippen molar-refractivity contribution in [3.8, 4) is 0 Å². The number of halogens is 2. The number of nitrogens with one attached hydrogen (secondary N) is 2. The van der Waals surface area contributed by atoms with Crippen LogP contribution in [0.5, 0.6) is 0 Å². The van der Waals surface area contributed by atoms with Gasteiger partial charge in [0.15, 0.2) is 0 Å². The van der Waals surface area contributed by atoms with E-state index in [0.29, 0.717) is 27.6 Å². The number of carbonyl (C=O) groups excluding carboxylic acids is 1. The molecule has 2 N–H and O–H groups in total. The normalized spacial score (nSPS) is 12.2. The van der Waals surface area contributed by atoms with E-state index >= 15 is 0 Å². The molecule has 0 aliphatic carbocycles. The first-order valence-electron chi connectivity index (χ1n) is 10.7. The summed E-state index contributed by atoms with van der Waals surface area (Å²) in [6.07, 6.45) is 3.17. The Morgan fingerprint density at radius 1 is 1.03 bits per heavy atom. The highest BCUT2D eigenvalue weighted by Crippen LogP contribution is 2.35. The average Bonchev–Trinajstić information content (AvgIpc) is 3.26. The van der Waals surface area contributed by atoms with Crippen molar-refractivity contribution in [1.29, 1.82) is 0 Å². The van der Waals surface area contributed by atoms with Crippen LogP contribution < -0.4 is 10.9 Å². The summed E-state index contributed by atoms with van der Waals surface area (Å²) in [5, 5.41) is 5.10. The molecule has 1 unspecified atom stereocenters. The van der Waals surface area contributed by atoms with Crippen LogP contribution in [0.15, 0.2) is 83.9 Å². The number of para-hydroxylation sites is 3. The van der Waals surface area contributed by atoms with Crippen molar-refractivity contribution >= 4 is 51.0 Å². The zero-order chi connectivity index (χ0) is 23.7. The predicted molar refractivity (Wildman–Crippen MR) is 136 cm³/mol. The van der Waals surface area contributed by atoms with Crippen LogP contribution in [0.2, 0.25) is 10.0 Å². The lowest BCUT2D eigenvalue weighted by atomic mass is 9.90. The Kier molecular flexibility index (Phi) is 6.09. The molecule has 34 heavy (non-hydrogen) atoms. The van der Waals surface area contributed by atoms with Crippen LogP contribution >= 0.6 is 23.2 Å². The van der Waals surface area contributed by atoms with Gasteiger partial charge in [-0.15, -0.1) is 0 Å². The third-order valence-corrected chi connectivity index (χ3v) is 6.45. The van der Waals surface area contributed by atoms with Crippen LogP contribution in [-0.2, 0) is 11.3 Å². The number of H-pyrrole nitrogens is 1. The van der Waals surface area contributed by atoms with E-state index in [9.17, 15) is 9.59 Å². The van der Waals surface area contributed by atoms with Crippen molar-refractivity contribution in [1.82, 2.24) is 19.9 Å². The van der Waals surface area contributed by atoms with Gasteiger partial charge in [-0.1, -0.05) is 59.6 Å². The number of rotatable bonds is 6. The number of fused-ring (bicyclic) bond motifs is 2. The number of nitrogens with zero attached hydrogens (tertiary/aromatic N) is 2. The number of amides is 1. The number of aromatic amines is 1. The van der Waals surface area contributed by atoms with E-state index in [2.05, 4.69) is 15.3 Å². The molecule has 0 saturated carbocycles. The largest absolute Gasteiger partial charge is 0.361 e. The third-order valence-electron chi connectivity index (χ3n) is 5.89. The smallest absolute Gasteiger partial charge is 0.269 e. The summed E-state index contributed by atoms with van der Waals surface area (Å²) in [4.78, 5) is 32.8. The van der Waals surface area contributed by atoms with Crippen molar-refractivity contribution in [2.24, 2.45) is 0 Å². The van der Waals surface area contributed by atoms with Gasteiger partial charge in [-0.05, 0) is 41.5 Å². The van der Waals surface area contributed by atoms with Gasteiger partial charge in [0.1, 0.15) is 6.54 Å². The van der Waals surface area contributed by atoms with Gasteiger partial charge in [-0.25, -0.2) is 4.98 Å². The molecule has 170 valence electrons. The SMILES string of the molecule is O=C(Cn1c(=O)cnc2ccccc21)NCC(c1ccc(Cl)cc1Cl)c1c[nH]c2ccccc12. The molecule has 0 fully saturated rings. The molecule has 2 heterocycles. The van der Waals surface area contributed by atoms with Crippen molar-refractivity contribution in [3.05, 3.63) is 111 Å². The number of benzene rings is 3. The third kappa shape index (κ3) is 4.30. The lowest BCUT2D eigenvalue weighted by Gasteiger charge is -2.20. The Bertz CT molecular complexity index is 1570. The Morgan fingerprint density at radius 3 is 2.68 bits per heavy atom. The van der Waals surface area contributed by atoms with Gasteiger partial charge in [0.25, 0.3) is 5.56 Å². The Labute approximate surface area is 205 Å². The molecule has 5 aromatic rings. The highest BCUT2D eigenvalue weighted by Gasteiger charge is 2.22. The van der Waals surface area contributed by atoms with E-state index in [1.165, 1.54) is 10.8 Å². The van der Waals surface area contributed by atoms with Gasteiger partial charge >= 0.3 is 0 Å². The van der Waals surface area contributed by atoms with Crippen LogP contribution in [0.25, 0.3) is 21.9 Å². The number of hydrogen-bond donors (Lipinski definition) is 2. The summed E-state index contributed by atoms with van der Waals surface area (Å²) in [5.74, 6) is -0.510. The van der Waals surface area contributed by atoms with Crippen molar-refractivity contribution in [2.45, 2.75) is 12.5 Å². The second kappa shape index (κ2) is 9.33. The van der Waals surface area contributed by atoms with Gasteiger partial charge in [0.05, 0.1) is 17.2 Å². The second-order valence-corrected chi connectivity index (χ2v) is 8.83. The zero-order valence-corrected chi connectivity index (χ0v) is 19.5. The molecule has 2 aromatic heterocycles. The highest BCUT2D eigenvalue weighted by atomic mass is 35.5. The molecule has 0 aliphatic heterocycles. The lowest BCUT2D eigenvalue weighted by molar-refractivity contribution is -0.121. The minimum Gasteiger partial charge on any atom is -0.361 e. The van der Waals surface area contributed by atoms with Gasteiger partial charge < -0.3 is 10.3 Å². The second-order valence-electron chi connectivity index (χ2n) is 7.98. The van der Waals surface area contributed by atoms with Gasteiger partial charge in [-0.3, -0.25) is 14.2 Å². The lowest BCUT2D eigenvalue weighted by Crippen LogP contribution is -2.35. The van der Waals surface area contributed by atoms with Crippen LogP contribution in [0.1, 0.15) is 17.0 Å². The summed E-state index contributed by atoms with van der Waals surface area (Å²) in [7, 11) is 0. The fourth-order valence-electron chi connectivity index (χ4n) is 4.25. The predicted octanol–water partition coefficient (Wildman–Crippen LogP) is 5.13. The molecule has 1 amide bonds. The minimum absolute atomic E-state index is 0.114. The van der Waals surface area contributed by atoms with Gasteiger partial charge in [0, 0.05) is 39.6 Å². The van der Waals surface area contributed by atoms with E-state index in [-0.39, 0.29) is 23.9 Å². The molecular formula is C26H20Cl2N4O2. The molecular weight excluding hydrogens is 471 g/mol. The summed E-state index contributed by atoms with van der Waals surface area (Å²) in [6.45, 7) is 0.177. The Morgan fingerprint density at radius 2 is 1.82 bits per heavy atom. The van der Waals surface area contributed by atoms with E-state index in [1.807, 2.05) is 48.7 Å². The first-order valence-corrected chi connectivity index (χ1v) is 11.5.